The van der Waals surface area contributed by atoms with Crippen molar-refractivity contribution in [3.8, 4) is 0 Å². The molecule has 1 atom stereocenters. The van der Waals surface area contributed by atoms with Crippen molar-refractivity contribution in [1.82, 2.24) is 15.7 Å². The van der Waals surface area contributed by atoms with Gasteiger partial charge in [-0.2, -0.15) is 0 Å². The lowest BCUT2D eigenvalue weighted by atomic mass is 10.2. The Labute approximate surface area is 139 Å². The Morgan fingerprint density at radius 3 is 2.67 bits per heavy atom. The first-order chi connectivity index (χ1) is 11.6. The number of amidine groups is 1. The van der Waals surface area contributed by atoms with Crippen LogP contribution in [-0.4, -0.2) is 28.7 Å². The van der Waals surface area contributed by atoms with Crippen molar-refractivity contribution in [1.29, 1.82) is 0 Å². The van der Waals surface area contributed by atoms with Crippen LogP contribution in [0.2, 0.25) is 0 Å². The average Bonchev–Trinajstić information content (AvgIpc) is 2.63. The average molecular weight is 323 g/mol. The van der Waals surface area contributed by atoms with Crippen molar-refractivity contribution in [2.24, 2.45) is 4.99 Å². The lowest BCUT2D eigenvalue weighted by Crippen LogP contribution is -2.57. The second kappa shape index (κ2) is 6.91. The molecule has 0 saturated heterocycles. The van der Waals surface area contributed by atoms with Gasteiger partial charge in [0.15, 0.2) is 0 Å². The van der Waals surface area contributed by atoms with Crippen molar-refractivity contribution < 1.29 is 9.59 Å². The van der Waals surface area contributed by atoms with Gasteiger partial charge in [0, 0.05) is 6.20 Å². The van der Waals surface area contributed by atoms with Crippen LogP contribution in [0.4, 0.5) is 5.69 Å². The molecule has 0 radical (unpaired) electrons. The number of carbonyl (C=O) groups is 2. The van der Waals surface area contributed by atoms with Gasteiger partial charge in [-0.25, -0.2) is 10.0 Å². The molecule has 2 heterocycles. The fourth-order valence-corrected chi connectivity index (χ4v) is 2.26. The van der Waals surface area contributed by atoms with Gasteiger partial charge in [0.1, 0.15) is 6.04 Å². The van der Waals surface area contributed by atoms with Crippen LogP contribution in [-0.2, 0) is 16.1 Å². The maximum Gasteiger partial charge on any atom is 0.288 e. The molecule has 0 unspecified atom stereocenters. The quantitative estimate of drug-likeness (QED) is 0.880. The smallest absolute Gasteiger partial charge is 0.288 e. The first-order valence-corrected chi connectivity index (χ1v) is 7.57. The third kappa shape index (κ3) is 3.40. The highest BCUT2D eigenvalue weighted by atomic mass is 16.2. The summed E-state index contributed by atoms with van der Waals surface area (Å²) < 4.78 is 0. The van der Waals surface area contributed by atoms with E-state index in [1.165, 1.54) is 5.01 Å². The Morgan fingerprint density at radius 1 is 1.21 bits per heavy atom. The number of nitrogens with zero attached hydrogens (tertiary/aromatic N) is 3. The monoisotopic (exact) mass is 323 g/mol. The number of benzene rings is 1. The van der Waals surface area contributed by atoms with Crippen molar-refractivity contribution in [3.05, 3.63) is 60.4 Å². The van der Waals surface area contributed by atoms with E-state index < -0.39 is 6.04 Å². The van der Waals surface area contributed by atoms with Gasteiger partial charge < -0.3 is 5.32 Å². The molecular formula is C17H17N5O2. The van der Waals surface area contributed by atoms with Gasteiger partial charge in [-0.05, 0) is 31.2 Å². The molecule has 7 heteroatoms. The molecule has 2 amide bonds. The predicted octanol–water partition coefficient (Wildman–Crippen LogP) is 1.04. The summed E-state index contributed by atoms with van der Waals surface area (Å²) in [6, 6.07) is 13.9. The molecule has 1 aromatic heterocycles. The molecule has 3 rings (SSSR count). The number of amides is 2. The minimum absolute atomic E-state index is 0.0990. The standard InChI is InChI=1S/C17H17N5O2/c1-12-17(24)22(14-8-3-2-4-9-14)21-15(20-12)16(23)19-11-13-7-5-6-10-18-13/h2-10,12H,11H2,1H3,(H,19,23)(H,20,21)/t12-/m1/s1. The second-order valence-electron chi connectivity index (χ2n) is 5.28. The number of pyridine rings is 1. The molecule has 0 spiro atoms. The molecular weight excluding hydrogens is 306 g/mol. The van der Waals surface area contributed by atoms with Gasteiger partial charge >= 0.3 is 0 Å². The summed E-state index contributed by atoms with van der Waals surface area (Å²) in [5.41, 5.74) is 4.18. The minimum atomic E-state index is -0.637. The number of hydrazine groups is 1. The Balaban J connectivity index is 1.72. The normalized spacial score (nSPS) is 17.0. The van der Waals surface area contributed by atoms with Crippen molar-refractivity contribution in [2.75, 3.05) is 5.01 Å². The van der Waals surface area contributed by atoms with Crippen LogP contribution >= 0.6 is 0 Å². The van der Waals surface area contributed by atoms with E-state index in [0.717, 1.165) is 5.69 Å². The van der Waals surface area contributed by atoms with E-state index in [2.05, 4.69) is 20.7 Å². The highest BCUT2D eigenvalue weighted by Gasteiger charge is 2.30. The van der Waals surface area contributed by atoms with E-state index in [1.54, 1.807) is 25.3 Å². The fourth-order valence-electron chi connectivity index (χ4n) is 2.26. The van der Waals surface area contributed by atoms with Gasteiger partial charge in [-0.3, -0.25) is 20.0 Å². The number of aromatic nitrogens is 1. The molecule has 1 aromatic carbocycles. The summed E-state index contributed by atoms with van der Waals surface area (Å²) in [7, 11) is 0. The van der Waals surface area contributed by atoms with Crippen LogP contribution in [0.1, 0.15) is 12.6 Å². The van der Waals surface area contributed by atoms with Crippen molar-refractivity contribution in [3.63, 3.8) is 0 Å². The van der Waals surface area contributed by atoms with E-state index in [9.17, 15) is 9.59 Å². The molecule has 1 aliphatic heterocycles. The second-order valence-corrected chi connectivity index (χ2v) is 5.28. The van der Waals surface area contributed by atoms with Gasteiger partial charge in [0.25, 0.3) is 11.8 Å². The zero-order valence-electron chi connectivity index (χ0n) is 13.1. The number of carbonyl (C=O) groups excluding carboxylic acids is 2. The first-order valence-electron chi connectivity index (χ1n) is 7.57. The highest BCUT2D eigenvalue weighted by Crippen LogP contribution is 2.15. The summed E-state index contributed by atoms with van der Waals surface area (Å²) in [6.07, 6.45) is 1.66. The van der Waals surface area contributed by atoms with Crippen LogP contribution in [0.5, 0.6) is 0 Å². The Morgan fingerprint density at radius 2 is 1.96 bits per heavy atom. The molecule has 0 saturated carbocycles. The van der Waals surface area contributed by atoms with E-state index in [0.29, 0.717) is 5.69 Å². The van der Waals surface area contributed by atoms with E-state index >= 15 is 0 Å². The van der Waals surface area contributed by atoms with Crippen LogP contribution in [0.25, 0.3) is 0 Å². The lowest BCUT2D eigenvalue weighted by molar-refractivity contribution is -0.120. The van der Waals surface area contributed by atoms with Crippen LogP contribution in [0.3, 0.4) is 0 Å². The summed E-state index contributed by atoms with van der Waals surface area (Å²) in [5, 5.41) is 4.08. The molecule has 0 fully saturated rings. The molecule has 0 bridgehead atoms. The number of anilines is 1. The van der Waals surface area contributed by atoms with Gasteiger partial charge in [0.05, 0.1) is 17.9 Å². The lowest BCUT2D eigenvalue weighted by Gasteiger charge is -2.30. The predicted molar refractivity (Wildman–Crippen MR) is 90.0 cm³/mol. The molecule has 0 aliphatic carbocycles. The third-order valence-corrected chi connectivity index (χ3v) is 3.50. The molecule has 122 valence electrons. The highest BCUT2D eigenvalue weighted by molar-refractivity contribution is 6.39. The van der Waals surface area contributed by atoms with Gasteiger partial charge in [0.2, 0.25) is 5.84 Å². The minimum Gasteiger partial charge on any atom is -0.344 e. The summed E-state index contributed by atoms with van der Waals surface area (Å²) in [5.74, 6) is -0.509. The maximum absolute atomic E-state index is 12.3. The fraction of sp³-hybridized carbons (Fsp3) is 0.176. The molecule has 2 aromatic rings. The van der Waals surface area contributed by atoms with Crippen LogP contribution in [0.15, 0.2) is 59.7 Å². The molecule has 7 nitrogen and oxygen atoms in total. The van der Waals surface area contributed by atoms with Gasteiger partial charge in [-0.15, -0.1) is 0 Å². The zero-order valence-corrected chi connectivity index (χ0v) is 13.1. The molecule has 24 heavy (non-hydrogen) atoms. The van der Waals surface area contributed by atoms with Crippen molar-refractivity contribution in [2.45, 2.75) is 19.5 Å². The SMILES string of the molecule is C[C@H]1N=C(C(=O)NCc2ccccn2)NN(c2ccccc2)C1=O. The molecule has 2 N–H and O–H groups in total. The van der Waals surface area contributed by atoms with E-state index in [4.69, 9.17) is 0 Å². The van der Waals surface area contributed by atoms with E-state index in [-0.39, 0.29) is 24.2 Å². The third-order valence-electron chi connectivity index (χ3n) is 3.50. The number of hydrogen-bond acceptors (Lipinski definition) is 5. The Bertz CT molecular complexity index is 761. The Kier molecular flexibility index (Phi) is 4.51. The summed E-state index contributed by atoms with van der Waals surface area (Å²) in [6.45, 7) is 1.94. The summed E-state index contributed by atoms with van der Waals surface area (Å²) in [4.78, 5) is 32.9. The van der Waals surface area contributed by atoms with E-state index in [1.807, 2.05) is 36.4 Å². The van der Waals surface area contributed by atoms with Crippen LogP contribution < -0.4 is 15.8 Å². The Hall–Kier alpha value is -3.22. The first kappa shape index (κ1) is 15.7. The number of hydrogen-bond donors (Lipinski definition) is 2. The largest absolute Gasteiger partial charge is 0.344 e. The maximum atomic E-state index is 12.3. The topological polar surface area (TPSA) is 86.7 Å². The zero-order chi connectivity index (χ0) is 16.9. The number of rotatable bonds is 4. The number of para-hydroxylation sites is 1. The number of aliphatic imine (C=N–C) groups is 1. The number of nitrogens with one attached hydrogen (secondary N) is 2. The van der Waals surface area contributed by atoms with Crippen LogP contribution in [0, 0.1) is 0 Å². The van der Waals surface area contributed by atoms with Gasteiger partial charge in [-0.1, -0.05) is 24.3 Å². The summed E-state index contributed by atoms with van der Waals surface area (Å²) >= 11 is 0. The molecule has 1 aliphatic rings. The van der Waals surface area contributed by atoms with Crippen molar-refractivity contribution >= 4 is 23.3 Å².